The Morgan fingerprint density at radius 3 is 2.59 bits per heavy atom. The van der Waals surface area contributed by atoms with E-state index in [2.05, 4.69) is 26.0 Å². The summed E-state index contributed by atoms with van der Waals surface area (Å²) in [5, 5.41) is 2.73. The highest BCUT2D eigenvalue weighted by atomic mass is 79.9. The Hall–Kier alpha value is -1.48. The Balaban J connectivity index is 1.81. The first-order chi connectivity index (χ1) is 12.7. The van der Waals surface area contributed by atoms with Crippen LogP contribution in [0.5, 0.6) is 0 Å². The van der Waals surface area contributed by atoms with Crippen molar-refractivity contribution >= 4 is 43.5 Å². The van der Waals surface area contributed by atoms with Gasteiger partial charge in [-0.25, -0.2) is 17.5 Å². The lowest BCUT2D eigenvalue weighted by Crippen LogP contribution is -2.28. The summed E-state index contributed by atoms with van der Waals surface area (Å²) in [5.41, 5.74) is 0.818. The number of carbonyl (C=O) groups is 1. The molecule has 0 aromatic heterocycles. The second-order valence-corrected chi connectivity index (χ2v) is 9.38. The maximum atomic E-state index is 13.3. The van der Waals surface area contributed by atoms with Crippen LogP contribution in [0, 0.1) is 5.82 Å². The van der Waals surface area contributed by atoms with Crippen molar-refractivity contribution in [1.82, 2.24) is 10.0 Å². The summed E-state index contributed by atoms with van der Waals surface area (Å²) >= 11 is 9.07. The van der Waals surface area contributed by atoms with Gasteiger partial charge in [-0.2, -0.15) is 0 Å². The van der Waals surface area contributed by atoms with Crippen molar-refractivity contribution in [3.8, 4) is 0 Å². The topological polar surface area (TPSA) is 75.3 Å². The SMILES string of the molecule is CC(NC(=O)c1cc(S(=O)(=O)NC2CC2)ccc1Br)c1ccc(F)c(Cl)c1. The molecule has 27 heavy (non-hydrogen) atoms. The number of carbonyl (C=O) groups excluding carboxylic acids is 1. The highest BCUT2D eigenvalue weighted by Crippen LogP contribution is 2.26. The molecule has 0 aliphatic heterocycles. The van der Waals surface area contributed by atoms with Gasteiger partial charge in [-0.1, -0.05) is 17.7 Å². The molecule has 0 saturated heterocycles. The zero-order valence-electron chi connectivity index (χ0n) is 14.3. The van der Waals surface area contributed by atoms with Gasteiger partial charge in [-0.05, 0) is 71.6 Å². The number of nitrogens with one attached hydrogen (secondary N) is 2. The van der Waals surface area contributed by atoms with E-state index in [1.807, 2.05) is 0 Å². The largest absolute Gasteiger partial charge is 0.345 e. The van der Waals surface area contributed by atoms with Crippen molar-refractivity contribution in [3.05, 3.63) is 62.8 Å². The lowest BCUT2D eigenvalue weighted by atomic mass is 10.1. The number of halogens is 3. The van der Waals surface area contributed by atoms with Crippen LogP contribution < -0.4 is 10.0 Å². The molecule has 3 rings (SSSR count). The normalized spacial score (nSPS) is 15.4. The standard InChI is InChI=1S/C18H17BrClFN2O3S/c1-10(11-2-7-17(21)16(20)8-11)22-18(24)14-9-13(5-6-15(14)19)27(25,26)23-12-3-4-12/h2,5-10,12,23H,3-4H2,1H3,(H,22,24). The van der Waals surface area contributed by atoms with Gasteiger partial charge in [0.2, 0.25) is 10.0 Å². The maximum absolute atomic E-state index is 13.3. The number of hydrogen-bond donors (Lipinski definition) is 2. The first kappa shape index (κ1) is 20.3. The number of amides is 1. The molecule has 5 nitrogen and oxygen atoms in total. The van der Waals surface area contributed by atoms with Crippen LogP contribution in [0.2, 0.25) is 5.02 Å². The van der Waals surface area contributed by atoms with Gasteiger partial charge >= 0.3 is 0 Å². The quantitative estimate of drug-likeness (QED) is 0.658. The third kappa shape index (κ3) is 4.87. The van der Waals surface area contributed by atoms with Crippen LogP contribution in [0.25, 0.3) is 0 Å². The van der Waals surface area contributed by atoms with Crippen molar-refractivity contribution in [2.75, 3.05) is 0 Å². The molecule has 1 aliphatic rings. The molecule has 2 N–H and O–H groups in total. The first-order valence-electron chi connectivity index (χ1n) is 8.25. The molecule has 144 valence electrons. The van der Waals surface area contributed by atoms with Gasteiger partial charge in [0.25, 0.3) is 5.91 Å². The Kier molecular flexibility index (Phi) is 5.90. The van der Waals surface area contributed by atoms with Crippen LogP contribution in [-0.2, 0) is 10.0 Å². The van der Waals surface area contributed by atoms with Crippen molar-refractivity contribution < 1.29 is 17.6 Å². The summed E-state index contributed by atoms with van der Waals surface area (Å²) in [5.74, 6) is -0.999. The molecule has 1 saturated carbocycles. The van der Waals surface area contributed by atoms with Crippen molar-refractivity contribution in [2.24, 2.45) is 0 Å². The Morgan fingerprint density at radius 2 is 1.96 bits per heavy atom. The molecule has 1 amide bonds. The van der Waals surface area contributed by atoms with Crippen LogP contribution >= 0.6 is 27.5 Å². The number of benzene rings is 2. The number of hydrogen-bond acceptors (Lipinski definition) is 3. The third-order valence-electron chi connectivity index (χ3n) is 4.18. The highest BCUT2D eigenvalue weighted by molar-refractivity contribution is 9.10. The van der Waals surface area contributed by atoms with Crippen LogP contribution in [0.4, 0.5) is 4.39 Å². The van der Waals surface area contributed by atoms with E-state index in [4.69, 9.17) is 11.6 Å². The first-order valence-corrected chi connectivity index (χ1v) is 10.9. The zero-order chi connectivity index (χ0) is 19.8. The van der Waals surface area contributed by atoms with E-state index in [0.717, 1.165) is 12.8 Å². The highest BCUT2D eigenvalue weighted by Gasteiger charge is 2.28. The average Bonchev–Trinajstić information content (AvgIpc) is 3.40. The molecule has 2 aromatic rings. The molecule has 1 fully saturated rings. The Bertz CT molecular complexity index is 996. The van der Waals surface area contributed by atoms with Crippen LogP contribution in [0.1, 0.15) is 41.7 Å². The summed E-state index contributed by atoms with van der Waals surface area (Å²) in [6.07, 6.45) is 1.64. The van der Waals surface area contributed by atoms with Gasteiger partial charge in [0.1, 0.15) is 5.82 Å². The molecule has 1 atom stereocenters. The maximum Gasteiger partial charge on any atom is 0.252 e. The van der Waals surface area contributed by atoms with Gasteiger partial charge in [-0.15, -0.1) is 0 Å². The predicted octanol–water partition coefficient (Wildman–Crippen LogP) is 4.17. The summed E-state index contributed by atoms with van der Waals surface area (Å²) in [4.78, 5) is 12.7. The molecule has 9 heteroatoms. The minimum absolute atomic E-state index is 0.0280. The van der Waals surface area contributed by atoms with Crippen LogP contribution in [0.15, 0.2) is 45.8 Å². The molecule has 0 heterocycles. The van der Waals surface area contributed by atoms with Gasteiger partial charge < -0.3 is 5.32 Å². The fourth-order valence-corrected chi connectivity index (χ4v) is 4.42. The number of rotatable bonds is 6. The summed E-state index contributed by atoms with van der Waals surface area (Å²) in [7, 11) is -3.67. The summed E-state index contributed by atoms with van der Waals surface area (Å²) in [6, 6.07) is 8.01. The Morgan fingerprint density at radius 1 is 1.26 bits per heavy atom. The second kappa shape index (κ2) is 7.87. The Labute approximate surface area is 170 Å². The van der Waals surface area contributed by atoms with E-state index in [-0.39, 0.29) is 21.5 Å². The molecular weight excluding hydrogens is 459 g/mol. The predicted molar refractivity (Wildman–Crippen MR) is 105 cm³/mol. The van der Waals surface area contributed by atoms with E-state index in [0.29, 0.717) is 10.0 Å². The second-order valence-electron chi connectivity index (χ2n) is 6.41. The molecular formula is C18H17BrClFN2O3S. The van der Waals surface area contributed by atoms with Gasteiger partial charge in [-0.3, -0.25) is 4.79 Å². The molecule has 1 aliphatic carbocycles. The fraction of sp³-hybridized carbons (Fsp3) is 0.278. The van der Waals surface area contributed by atoms with Gasteiger partial charge in [0.15, 0.2) is 0 Å². The van der Waals surface area contributed by atoms with E-state index >= 15 is 0 Å². The monoisotopic (exact) mass is 474 g/mol. The minimum atomic E-state index is -3.67. The summed E-state index contributed by atoms with van der Waals surface area (Å²) in [6.45, 7) is 1.73. The summed E-state index contributed by atoms with van der Waals surface area (Å²) < 4.78 is 41.1. The molecule has 2 aromatic carbocycles. The van der Waals surface area contributed by atoms with Crippen molar-refractivity contribution in [1.29, 1.82) is 0 Å². The molecule has 1 unspecified atom stereocenters. The lowest BCUT2D eigenvalue weighted by molar-refractivity contribution is 0.0939. The van der Waals surface area contributed by atoms with Crippen molar-refractivity contribution in [3.63, 3.8) is 0 Å². The van der Waals surface area contributed by atoms with Crippen molar-refractivity contribution in [2.45, 2.75) is 36.7 Å². The average molecular weight is 476 g/mol. The molecule has 0 spiro atoms. The smallest absolute Gasteiger partial charge is 0.252 e. The molecule has 0 radical (unpaired) electrons. The van der Waals surface area contributed by atoms with E-state index in [1.54, 1.807) is 6.92 Å². The minimum Gasteiger partial charge on any atom is -0.345 e. The van der Waals surface area contributed by atoms with E-state index in [1.165, 1.54) is 36.4 Å². The third-order valence-corrected chi connectivity index (χ3v) is 6.68. The fourth-order valence-electron chi connectivity index (χ4n) is 2.47. The lowest BCUT2D eigenvalue weighted by Gasteiger charge is -2.16. The van der Waals surface area contributed by atoms with Crippen LogP contribution in [-0.4, -0.2) is 20.4 Å². The molecule has 0 bridgehead atoms. The zero-order valence-corrected chi connectivity index (χ0v) is 17.5. The number of sulfonamides is 1. The van der Waals surface area contributed by atoms with E-state index < -0.39 is 27.8 Å². The van der Waals surface area contributed by atoms with Gasteiger partial charge in [0, 0.05) is 10.5 Å². The van der Waals surface area contributed by atoms with E-state index in [9.17, 15) is 17.6 Å². The van der Waals surface area contributed by atoms with Crippen LogP contribution in [0.3, 0.4) is 0 Å². The van der Waals surface area contributed by atoms with Gasteiger partial charge in [0.05, 0.1) is 21.5 Å².